The molecule has 0 amide bonds. The van der Waals surface area contributed by atoms with Crippen LogP contribution in [0.3, 0.4) is 0 Å². The van der Waals surface area contributed by atoms with Gasteiger partial charge in [-0.15, -0.1) is 11.3 Å². The summed E-state index contributed by atoms with van der Waals surface area (Å²) < 4.78 is 26.4. The van der Waals surface area contributed by atoms with Gasteiger partial charge in [0.05, 0.1) is 17.0 Å². The standard InChI is InChI=1S/C10H15NO5S2/c1-3-10(2,6-12)11-18(15,16)7-4-8(9(13)14)17-5-7/h4-5,11-12H,3,6H2,1-2H3,(H,13,14). The Kier molecular flexibility index (Phi) is 4.49. The van der Waals surface area contributed by atoms with Gasteiger partial charge in [-0.3, -0.25) is 0 Å². The van der Waals surface area contributed by atoms with Gasteiger partial charge in [-0.1, -0.05) is 6.92 Å². The number of carbonyl (C=O) groups is 1. The molecule has 0 saturated heterocycles. The molecule has 102 valence electrons. The van der Waals surface area contributed by atoms with E-state index in [1.54, 1.807) is 13.8 Å². The summed E-state index contributed by atoms with van der Waals surface area (Å²) in [7, 11) is -3.82. The molecule has 3 N–H and O–H groups in total. The van der Waals surface area contributed by atoms with Gasteiger partial charge in [-0.05, 0) is 19.4 Å². The summed E-state index contributed by atoms with van der Waals surface area (Å²) in [5.41, 5.74) is -0.954. The lowest BCUT2D eigenvalue weighted by Gasteiger charge is -2.26. The maximum absolute atomic E-state index is 12.0. The quantitative estimate of drug-likeness (QED) is 0.722. The number of rotatable bonds is 6. The highest BCUT2D eigenvalue weighted by Gasteiger charge is 2.29. The van der Waals surface area contributed by atoms with Crippen LogP contribution in [-0.2, 0) is 10.0 Å². The number of aliphatic hydroxyl groups excluding tert-OH is 1. The van der Waals surface area contributed by atoms with E-state index in [0.717, 1.165) is 17.4 Å². The summed E-state index contributed by atoms with van der Waals surface area (Å²) in [4.78, 5) is 10.6. The summed E-state index contributed by atoms with van der Waals surface area (Å²) >= 11 is 0.845. The van der Waals surface area contributed by atoms with E-state index >= 15 is 0 Å². The van der Waals surface area contributed by atoms with Crippen LogP contribution >= 0.6 is 11.3 Å². The monoisotopic (exact) mass is 293 g/mol. The molecule has 0 radical (unpaired) electrons. The molecule has 1 aromatic rings. The number of aliphatic hydroxyl groups is 1. The molecule has 18 heavy (non-hydrogen) atoms. The molecule has 1 atom stereocenters. The summed E-state index contributed by atoms with van der Waals surface area (Å²) in [6.45, 7) is 2.99. The Labute approximate surface area is 109 Å². The molecule has 1 unspecified atom stereocenters. The number of thiophene rings is 1. The minimum Gasteiger partial charge on any atom is -0.477 e. The van der Waals surface area contributed by atoms with Crippen molar-refractivity contribution < 1.29 is 23.4 Å². The maximum atomic E-state index is 12.0. The van der Waals surface area contributed by atoms with Gasteiger partial charge in [0.1, 0.15) is 4.88 Å². The number of sulfonamides is 1. The third kappa shape index (κ3) is 3.29. The third-order valence-corrected chi connectivity index (χ3v) is 5.29. The minimum absolute atomic E-state index is 0.0439. The lowest BCUT2D eigenvalue weighted by Crippen LogP contribution is -2.48. The van der Waals surface area contributed by atoms with Crippen molar-refractivity contribution in [3.8, 4) is 0 Å². The smallest absolute Gasteiger partial charge is 0.345 e. The van der Waals surface area contributed by atoms with E-state index < -0.39 is 21.5 Å². The van der Waals surface area contributed by atoms with Gasteiger partial charge >= 0.3 is 5.97 Å². The number of hydrogen-bond acceptors (Lipinski definition) is 5. The van der Waals surface area contributed by atoms with E-state index in [9.17, 15) is 18.3 Å². The first-order valence-corrected chi connectivity index (χ1v) is 7.57. The first-order chi connectivity index (χ1) is 8.24. The van der Waals surface area contributed by atoms with E-state index in [2.05, 4.69) is 4.72 Å². The highest BCUT2D eigenvalue weighted by molar-refractivity contribution is 7.89. The number of aromatic carboxylic acids is 1. The van der Waals surface area contributed by atoms with Crippen molar-refractivity contribution in [2.75, 3.05) is 6.61 Å². The first-order valence-electron chi connectivity index (χ1n) is 5.21. The third-order valence-electron chi connectivity index (χ3n) is 2.61. The molecule has 0 spiro atoms. The van der Waals surface area contributed by atoms with E-state index in [1.165, 1.54) is 5.38 Å². The van der Waals surface area contributed by atoms with Crippen LogP contribution < -0.4 is 4.72 Å². The Morgan fingerprint density at radius 2 is 2.17 bits per heavy atom. The Bertz CT molecular complexity index is 530. The average Bonchev–Trinajstić information content (AvgIpc) is 2.78. The molecule has 0 aromatic carbocycles. The van der Waals surface area contributed by atoms with E-state index in [-0.39, 0.29) is 16.4 Å². The molecular weight excluding hydrogens is 278 g/mol. The summed E-state index contributed by atoms with van der Waals surface area (Å²) in [6, 6.07) is 1.10. The Morgan fingerprint density at radius 3 is 2.56 bits per heavy atom. The SMILES string of the molecule is CCC(C)(CO)NS(=O)(=O)c1csc(C(=O)O)c1. The molecule has 0 saturated carbocycles. The Balaban J connectivity index is 3.03. The predicted octanol–water partition coefficient (Wildman–Crippen LogP) is 0.886. The minimum atomic E-state index is -3.82. The van der Waals surface area contributed by atoms with Crippen LogP contribution in [0.5, 0.6) is 0 Å². The molecule has 1 aromatic heterocycles. The fraction of sp³-hybridized carbons (Fsp3) is 0.500. The normalized spacial score (nSPS) is 15.3. The van der Waals surface area contributed by atoms with Crippen molar-refractivity contribution in [2.24, 2.45) is 0 Å². The second-order valence-electron chi connectivity index (χ2n) is 4.13. The van der Waals surface area contributed by atoms with Crippen LogP contribution in [0.4, 0.5) is 0 Å². The fourth-order valence-electron chi connectivity index (χ4n) is 1.17. The molecule has 0 aliphatic rings. The second kappa shape index (κ2) is 5.35. The van der Waals surface area contributed by atoms with Gasteiger partial charge in [0.15, 0.2) is 0 Å². The number of nitrogens with one attached hydrogen (secondary N) is 1. The van der Waals surface area contributed by atoms with Crippen molar-refractivity contribution in [3.63, 3.8) is 0 Å². The van der Waals surface area contributed by atoms with Gasteiger partial charge in [0.2, 0.25) is 10.0 Å². The fourth-order valence-corrected chi connectivity index (χ4v) is 3.75. The van der Waals surface area contributed by atoms with E-state index in [1.807, 2.05) is 0 Å². The predicted molar refractivity (Wildman–Crippen MR) is 67.4 cm³/mol. The second-order valence-corrected chi connectivity index (χ2v) is 6.72. The summed E-state index contributed by atoms with van der Waals surface area (Å²) in [5, 5.41) is 19.2. The van der Waals surface area contributed by atoms with Crippen LogP contribution in [0.25, 0.3) is 0 Å². The molecule has 1 rings (SSSR count). The largest absolute Gasteiger partial charge is 0.477 e. The van der Waals surface area contributed by atoms with Gasteiger partial charge in [-0.2, -0.15) is 0 Å². The lowest BCUT2D eigenvalue weighted by atomic mass is 10.0. The highest BCUT2D eigenvalue weighted by Crippen LogP contribution is 2.21. The van der Waals surface area contributed by atoms with Crippen LogP contribution in [-0.4, -0.2) is 36.7 Å². The highest BCUT2D eigenvalue weighted by atomic mass is 32.2. The van der Waals surface area contributed by atoms with Gasteiger partial charge in [0, 0.05) is 5.38 Å². The van der Waals surface area contributed by atoms with Crippen molar-refractivity contribution >= 4 is 27.3 Å². The molecule has 0 aliphatic carbocycles. The van der Waals surface area contributed by atoms with Crippen LogP contribution in [0, 0.1) is 0 Å². The zero-order valence-corrected chi connectivity index (χ0v) is 11.6. The van der Waals surface area contributed by atoms with Crippen molar-refractivity contribution in [1.82, 2.24) is 4.72 Å². The maximum Gasteiger partial charge on any atom is 0.345 e. The Hall–Kier alpha value is -0.960. The van der Waals surface area contributed by atoms with Crippen LogP contribution in [0.1, 0.15) is 29.9 Å². The Morgan fingerprint density at radius 1 is 1.56 bits per heavy atom. The molecule has 0 aliphatic heterocycles. The van der Waals surface area contributed by atoms with Crippen molar-refractivity contribution in [3.05, 3.63) is 16.3 Å². The van der Waals surface area contributed by atoms with Crippen LogP contribution in [0.2, 0.25) is 0 Å². The van der Waals surface area contributed by atoms with Gasteiger partial charge in [-0.25, -0.2) is 17.9 Å². The molecular formula is C10H15NO5S2. The topological polar surface area (TPSA) is 104 Å². The van der Waals surface area contributed by atoms with E-state index in [0.29, 0.717) is 6.42 Å². The van der Waals surface area contributed by atoms with Gasteiger partial charge in [0.25, 0.3) is 0 Å². The lowest BCUT2D eigenvalue weighted by molar-refractivity contribution is 0.0702. The molecule has 6 nitrogen and oxygen atoms in total. The molecule has 1 heterocycles. The van der Waals surface area contributed by atoms with Crippen LogP contribution in [0.15, 0.2) is 16.3 Å². The van der Waals surface area contributed by atoms with E-state index in [4.69, 9.17) is 5.11 Å². The van der Waals surface area contributed by atoms with Gasteiger partial charge < -0.3 is 10.2 Å². The number of hydrogen-bond donors (Lipinski definition) is 3. The first kappa shape index (κ1) is 15.1. The average molecular weight is 293 g/mol. The zero-order chi connectivity index (χ0) is 14.0. The van der Waals surface area contributed by atoms with Crippen molar-refractivity contribution in [1.29, 1.82) is 0 Å². The zero-order valence-electron chi connectivity index (χ0n) is 10.0. The summed E-state index contributed by atoms with van der Waals surface area (Å²) in [6.07, 6.45) is 0.415. The van der Waals surface area contributed by atoms with Crippen molar-refractivity contribution in [2.45, 2.75) is 30.7 Å². The molecule has 0 fully saturated rings. The molecule has 0 bridgehead atoms. The number of carboxylic acids is 1. The number of carboxylic acid groups (broad SMARTS) is 1. The summed E-state index contributed by atoms with van der Waals surface area (Å²) in [5.74, 6) is -1.16. The molecule has 8 heteroatoms.